The van der Waals surface area contributed by atoms with Crippen LogP contribution in [-0.2, 0) is 5.33 Å². The van der Waals surface area contributed by atoms with Gasteiger partial charge in [0, 0.05) is 16.6 Å². The summed E-state index contributed by atoms with van der Waals surface area (Å²) in [6.07, 6.45) is 2.34. The van der Waals surface area contributed by atoms with Gasteiger partial charge >= 0.3 is 0 Å². The van der Waals surface area contributed by atoms with Gasteiger partial charge in [-0.15, -0.1) is 0 Å². The number of aromatic nitrogens is 1. The van der Waals surface area contributed by atoms with Crippen LogP contribution < -0.4 is 5.43 Å². The van der Waals surface area contributed by atoms with E-state index in [0.717, 1.165) is 22.4 Å². The zero-order valence-corrected chi connectivity index (χ0v) is 14.0. The van der Waals surface area contributed by atoms with Crippen molar-refractivity contribution in [3.63, 3.8) is 0 Å². The Hall–Kier alpha value is -1.94. The first kappa shape index (κ1) is 14.6. The van der Waals surface area contributed by atoms with Crippen molar-refractivity contribution in [1.82, 2.24) is 4.98 Å². The number of fused-ring (bicyclic) bond motifs is 1. The molecule has 1 heterocycles. The molecule has 4 heteroatoms. The van der Waals surface area contributed by atoms with Gasteiger partial charge in [-0.2, -0.15) is 0 Å². The number of H-pyrrole nitrogens is 1. The van der Waals surface area contributed by atoms with E-state index in [9.17, 15) is 9.18 Å². The maximum Gasteiger partial charge on any atom is 0.188 e. The average Bonchev–Trinajstić information content (AvgIpc) is 3.39. The van der Waals surface area contributed by atoms with E-state index in [1.54, 1.807) is 24.3 Å². The predicted molar refractivity (Wildman–Crippen MR) is 93.7 cm³/mol. The lowest BCUT2D eigenvalue weighted by molar-refractivity contribution is 0.628. The molecule has 23 heavy (non-hydrogen) atoms. The monoisotopic (exact) mass is 371 g/mol. The lowest BCUT2D eigenvalue weighted by Gasteiger charge is -2.20. The number of benzene rings is 2. The molecule has 3 aliphatic rings. The molecule has 1 N–H and O–H groups in total. The summed E-state index contributed by atoms with van der Waals surface area (Å²) in [7, 11) is 0. The van der Waals surface area contributed by atoms with Crippen molar-refractivity contribution in [3.8, 4) is 22.4 Å². The van der Waals surface area contributed by atoms with Crippen molar-refractivity contribution < 1.29 is 4.39 Å². The summed E-state index contributed by atoms with van der Waals surface area (Å²) in [6, 6.07) is 11.7. The lowest BCUT2D eigenvalue weighted by Crippen LogP contribution is -2.11. The van der Waals surface area contributed by atoms with Gasteiger partial charge in [0.1, 0.15) is 5.82 Å². The minimum Gasteiger partial charge on any atom is -0.358 e. The van der Waals surface area contributed by atoms with Gasteiger partial charge in [0.25, 0.3) is 0 Å². The summed E-state index contributed by atoms with van der Waals surface area (Å²) >= 11 is 3.58. The molecule has 0 aromatic heterocycles. The molecule has 116 valence electrons. The first-order valence-electron chi connectivity index (χ1n) is 7.68. The van der Waals surface area contributed by atoms with Crippen LogP contribution >= 0.6 is 15.9 Å². The highest BCUT2D eigenvalue weighted by Crippen LogP contribution is 2.46. The Labute approximate surface area is 141 Å². The van der Waals surface area contributed by atoms with Crippen LogP contribution in [0.5, 0.6) is 0 Å². The van der Waals surface area contributed by atoms with Crippen LogP contribution in [0.4, 0.5) is 4.39 Å². The number of halogens is 2. The molecule has 0 saturated heterocycles. The van der Waals surface area contributed by atoms with Crippen LogP contribution in [0.15, 0.2) is 47.3 Å². The molecule has 1 saturated carbocycles. The van der Waals surface area contributed by atoms with Crippen LogP contribution in [0.3, 0.4) is 0 Å². The van der Waals surface area contributed by atoms with Crippen molar-refractivity contribution in [3.05, 3.63) is 69.8 Å². The largest absolute Gasteiger partial charge is 0.358 e. The van der Waals surface area contributed by atoms with Crippen LogP contribution in [-0.4, -0.2) is 4.98 Å². The summed E-state index contributed by atoms with van der Waals surface area (Å²) in [4.78, 5) is 16.0. The normalized spacial score (nSPS) is 14.3. The molecule has 4 rings (SSSR count). The van der Waals surface area contributed by atoms with Crippen LogP contribution in [0.1, 0.15) is 30.0 Å². The molecular weight excluding hydrogens is 357 g/mol. The average molecular weight is 372 g/mol. The van der Waals surface area contributed by atoms with Gasteiger partial charge in [-0.1, -0.05) is 34.1 Å². The number of alkyl halides is 1. The molecule has 1 aromatic rings. The highest BCUT2D eigenvalue weighted by atomic mass is 79.9. The second kappa shape index (κ2) is 5.60. The molecule has 0 unspecified atom stereocenters. The minimum absolute atomic E-state index is 0.0115. The first-order valence-corrected chi connectivity index (χ1v) is 8.81. The zero-order chi connectivity index (χ0) is 16.0. The number of pyridine rings is 1. The third-order valence-corrected chi connectivity index (χ3v) is 4.99. The molecule has 0 amide bonds. The van der Waals surface area contributed by atoms with Gasteiger partial charge in [0.2, 0.25) is 0 Å². The van der Waals surface area contributed by atoms with E-state index in [0.29, 0.717) is 16.8 Å². The van der Waals surface area contributed by atoms with Gasteiger partial charge in [-0.3, -0.25) is 4.79 Å². The summed E-state index contributed by atoms with van der Waals surface area (Å²) in [5.74, 6) is 0.257. The van der Waals surface area contributed by atoms with Gasteiger partial charge in [-0.25, -0.2) is 4.39 Å². The quantitative estimate of drug-likeness (QED) is 0.641. The summed E-state index contributed by atoms with van der Waals surface area (Å²) in [6.45, 7) is 0. The van der Waals surface area contributed by atoms with Crippen molar-refractivity contribution in [1.29, 1.82) is 0 Å². The number of hydrogen-bond donors (Lipinski definition) is 1. The summed E-state index contributed by atoms with van der Waals surface area (Å²) in [5, 5.41) is 0.659. The molecule has 1 aromatic carbocycles. The van der Waals surface area contributed by atoms with E-state index in [-0.39, 0.29) is 11.2 Å². The second-order valence-corrected chi connectivity index (χ2v) is 6.55. The van der Waals surface area contributed by atoms with Crippen molar-refractivity contribution in [2.75, 3.05) is 0 Å². The van der Waals surface area contributed by atoms with Gasteiger partial charge in [-0.05, 0) is 54.2 Å². The Balaban J connectivity index is 2.10. The molecule has 0 bridgehead atoms. The third kappa shape index (κ3) is 2.51. The van der Waals surface area contributed by atoms with Crippen LogP contribution in [0, 0.1) is 5.82 Å². The maximum absolute atomic E-state index is 13.3. The Kier molecular flexibility index (Phi) is 3.57. The second-order valence-electron chi connectivity index (χ2n) is 5.99. The van der Waals surface area contributed by atoms with Crippen molar-refractivity contribution in [2.45, 2.75) is 24.1 Å². The smallest absolute Gasteiger partial charge is 0.188 e. The molecule has 2 nitrogen and oxygen atoms in total. The molecule has 0 radical (unpaired) electrons. The third-order valence-electron chi connectivity index (χ3n) is 4.42. The van der Waals surface area contributed by atoms with E-state index in [1.807, 2.05) is 6.07 Å². The predicted octanol–water partition coefficient (Wildman–Crippen LogP) is 5.06. The summed E-state index contributed by atoms with van der Waals surface area (Å²) in [5.41, 5.74) is 5.62. The fourth-order valence-corrected chi connectivity index (χ4v) is 3.78. The summed E-state index contributed by atoms with van der Waals surface area (Å²) < 4.78 is 13.3. The molecular formula is C19H15BrFNO. The maximum atomic E-state index is 13.3. The van der Waals surface area contributed by atoms with E-state index < -0.39 is 0 Å². The molecule has 2 aliphatic carbocycles. The standard InChI is InChI=1S/C19H15BrFNO/c20-10-14-17(11-6-8-13(21)9-7-11)18-15(2-1-3-16(18)23)22-19(14)12-4-5-12/h1-3,6-9,12,22H,4-5,10H2. The number of hydrogen-bond acceptors (Lipinski definition) is 1. The molecule has 1 aliphatic heterocycles. The van der Waals surface area contributed by atoms with E-state index >= 15 is 0 Å². The van der Waals surface area contributed by atoms with Crippen LogP contribution in [0.2, 0.25) is 0 Å². The topological polar surface area (TPSA) is 32.9 Å². The lowest BCUT2D eigenvalue weighted by atomic mass is 9.90. The number of nitrogens with one attached hydrogen (secondary N) is 1. The van der Waals surface area contributed by atoms with E-state index in [1.165, 1.54) is 30.7 Å². The number of rotatable bonds is 3. The van der Waals surface area contributed by atoms with E-state index in [4.69, 9.17) is 0 Å². The molecule has 0 spiro atoms. The number of aromatic amines is 1. The SMILES string of the molecule is O=c1cccc2[nH]c(C3CC3)c(CBr)c(-c3ccc(F)cc3)c1-2. The highest BCUT2D eigenvalue weighted by Gasteiger charge is 2.30. The van der Waals surface area contributed by atoms with E-state index in [2.05, 4.69) is 20.9 Å². The minimum atomic E-state index is -0.272. The fraction of sp³-hybridized carbons (Fsp3) is 0.211. The van der Waals surface area contributed by atoms with Crippen molar-refractivity contribution in [2.24, 2.45) is 0 Å². The Bertz CT molecular complexity index is 896. The van der Waals surface area contributed by atoms with Gasteiger partial charge < -0.3 is 4.98 Å². The zero-order valence-electron chi connectivity index (χ0n) is 12.4. The first-order chi connectivity index (χ1) is 11.2. The molecule has 1 fully saturated rings. The Morgan fingerprint density at radius 2 is 1.83 bits per heavy atom. The fourth-order valence-electron chi connectivity index (χ4n) is 3.19. The van der Waals surface area contributed by atoms with Crippen molar-refractivity contribution >= 4 is 15.9 Å². The molecule has 0 atom stereocenters. The Morgan fingerprint density at radius 1 is 1.09 bits per heavy atom. The van der Waals surface area contributed by atoms with Gasteiger partial charge in [0.05, 0.1) is 11.3 Å². The highest BCUT2D eigenvalue weighted by molar-refractivity contribution is 9.08. The Morgan fingerprint density at radius 3 is 2.48 bits per heavy atom. The van der Waals surface area contributed by atoms with Crippen LogP contribution in [0.25, 0.3) is 22.4 Å². The van der Waals surface area contributed by atoms with Gasteiger partial charge in [0.15, 0.2) is 5.43 Å².